The van der Waals surface area contributed by atoms with E-state index in [1.165, 1.54) is 17.6 Å². The van der Waals surface area contributed by atoms with Crippen LogP contribution in [0.1, 0.15) is 18.4 Å². The van der Waals surface area contributed by atoms with Gasteiger partial charge in [-0.2, -0.15) is 0 Å². The Balaban J connectivity index is 1.69. The van der Waals surface area contributed by atoms with Crippen molar-refractivity contribution in [1.82, 2.24) is 9.80 Å². The summed E-state index contributed by atoms with van der Waals surface area (Å²) in [7, 11) is 1.43. The second-order valence-corrected chi connectivity index (χ2v) is 6.57. The first-order chi connectivity index (χ1) is 12.1. The normalized spacial score (nSPS) is 23.1. The van der Waals surface area contributed by atoms with Gasteiger partial charge < -0.3 is 14.6 Å². The number of nitrogens with zero attached hydrogens (tertiary/aromatic N) is 2. The summed E-state index contributed by atoms with van der Waals surface area (Å²) in [5, 5.41) is 9.44. The Labute approximate surface area is 147 Å². The summed E-state index contributed by atoms with van der Waals surface area (Å²) in [5.41, 5.74) is 0.410. The fraction of sp³-hybridized carbons (Fsp3) is 0.556. The van der Waals surface area contributed by atoms with Crippen LogP contribution in [0.25, 0.3) is 0 Å². The largest absolute Gasteiger partial charge is 0.480 e. The van der Waals surface area contributed by atoms with Crippen LogP contribution < -0.4 is 0 Å². The Morgan fingerprint density at radius 1 is 1.28 bits per heavy atom. The summed E-state index contributed by atoms with van der Waals surface area (Å²) < 4.78 is 10.8. The number of piperidine rings is 1. The van der Waals surface area contributed by atoms with Gasteiger partial charge in [-0.3, -0.25) is 14.6 Å². The van der Waals surface area contributed by atoms with Crippen LogP contribution in [0.5, 0.6) is 0 Å². The zero-order chi connectivity index (χ0) is 17.9. The molecule has 2 aliphatic heterocycles. The van der Waals surface area contributed by atoms with Crippen molar-refractivity contribution in [2.45, 2.75) is 31.2 Å². The van der Waals surface area contributed by atoms with Gasteiger partial charge in [-0.05, 0) is 5.56 Å². The third-order valence-electron chi connectivity index (χ3n) is 4.97. The van der Waals surface area contributed by atoms with E-state index >= 15 is 0 Å². The van der Waals surface area contributed by atoms with E-state index in [-0.39, 0.29) is 19.1 Å². The van der Waals surface area contributed by atoms with Crippen molar-refractivity contribution >= 4 is 11.9 Å². The van der Waals surface area contributed by atoms with E-state index in [1.54, 1.807) is 0 Å². The highest BCUT2D eigenvalue weighted by molar-refractivity contribution is 5.85. The smallest absolute Gasteiger partial charge is 0.328 e. The molecular weight excluding hydrogens is 324 g/mol. The molecule has 7 heteroatoms. The molecule has 1 amide bonds. The average Bonchev–Trinajstić information content (AvgIpc) is 2.98. The van der Waals surface area contributed by atoms with E-state index in [4.69, 9.17) is 9.47 Å². The van der Waals surface area contributed by atoms with Crippen molar-refractivity contribution in [1.29, 1.82) is 0 Å². The maximum Gasteiger partial charge on any atom is 0.328 e. The maximum atomic E-state index is 12.5. The molecule has 1 aromatic carbocycles. The lowest BCUT2D eigenvalue weighted by atomic mass is 9.97. The number of carboxylic acids is 1. The third-order valence-corrected chi connectivity index (χ3v) is 4.97. The number of likely N-dealkylation sites (tertiary alicyclic amines) is 1. The molecule has 0 radical (unpaired) electrons. The number of ether oxygens (including phenoxy) is 2. The average molecular weight is 348 g/mol. The number of amides is 1. The molecule has 1 spiro atoms. The molecule has 0 bridgehead atoms. The number of aliphatic carboxylic acids is 1. The molecule has 1 atom stereocenters. The first-order valence-corrected chi connectivity index (χ1v) is 8.50. The van der Waals surface area contributed by atoms with Crippen molar-refractivity contribution in [3.63, 3.8) is 0 Å². The van der Waals surface area contributed by atoms with E-state index in [9.17, 15) is 14.7 Å². The second kappa shape index (κ2) is 7.51. The van der Waals surface area contributed by atoms with Crippen molar-refractivity contribution < 1.29 is 24.2 Å². The Morgan fingerprint density at radius 3 is 2.56 bits per heavy atom. The van der Waals surface area contributed by atoms with Crippen LogP contribution in [-0.2, 0) is 25.6 Å². The number of carbonyl (C=O) groups is 2. The van der Waals surface area contributed by atoms with Crippen LogP contribution in [-0.4, -0.2) is 72.0 Å². The summed E-state index contributed by atoms with van der Waals surface area (Å²) in [4.78, 5) is 27.7. The third kappa shape index (κ3) is 3.68. The number of carboxylic acid groups (broad SMARTS) is 1. The van der Waals surface area contributed by atoms with Gasteiger partial charge in [0.15, 0.2) is 6.04 Å². The minimum Gasteiger partial charge on any atom is -0.480 e. The van der Waals surface area contributed by atoms with Crippen LogP contribution in [0.3, 0.4) is 0 Å². The van der Waals surface area contributed by atoms with Gasteiger partial charge in [-0.15, -0.1) is 0 Å². The van der Waals surface area contributed by atoms with Gasteiger partial charge in [0.1, 0.15) is 12.3 Å². The number of hydrogen-bond donors (Lipinski definition) is 1. The monoisotopic (exact) mass is 348 g/mol. The highest BCUT2D eigenvalue weighted by Crippen LogP contribution is 2.37. The lowest BCUT2D eigenvalue weighted by molar-refractivity contribution is -0.169. The molecule has 1 N–H and O–H groups in total. The topological polar surface area (TPSA) is 79.3 Å². The molecule has 0 aromatic heterocycles. The van der Waals surface area contributed by atoms with E-state index in [2.05, 4.69) is 17.0 Å². The molecule has 3 rings (SSSR count). The predicted molar refractivity (Wildman–Crippen MR) is 89.8 cm³/mol. The van der Waals surface area contributed by atoms with Crippen LogP contribution >= 0.6 is 0 Å². The quantitative estimate of drug-likeness (QED) is 0.853. The molecule has 0 aliphatic carbocycles. The van der Waals surface area contributed by atoms with Crippen molar-refractivity contribution in [2.24, 2.45) is 0 Å². The van der Waals surface area contributed by atoms with E-state index < -0.39 is 17.7 Å². The number of carbonyl (C=O) groups excluding carboxylic acids is 1. The van der Waals surface area contributed by atoms with Gasteiger partial charge in [-0.25, -0.2) is 4.79 Å². The van der Waals surface area contributed by atoms with Crippen LogP contribution in [0, 0.1) is 0 Å². The predicted octanol–water partition coefficient (Wildman–Crippen LogP) is 0.937. The lowest BCUT2D eigenvalue weighted by Gasteiger charge is -2.44. The summed E-state index contributed by atoms with van der Waals surface area (Å²) in [6, 6.07) is 9.26. The standard InChI is InChI=1S/C18H24N2O5/c1-24-13-16(21)20-15(17(22)23)12-25-18(20)7-9-19(10-8-18)11-14-5-3-2-4-6-14/h2-6,15H,7-13H2,1H3,(H,22,23). The lowest BCUT2D eigenvalue weighted by Crippen LogP contribution is -2.58. The Hall–Kier alpha value is -1.96. The second-order valence-electron chi connectivity index (χ2n) is 6.57. The zero-order valence-electron chi connectivity index (χ0n) is 14.4. The van der Waals surface area contributed by atoms with E-state index in [1.807, 2.05) is 18.2 Å². The summed E-state index contributed by atoms with van der Waals surface area (Å²) >= 11 is 0. The molecular formula is C18H24N2O5. The summed E-state index contributed by atoms with van der Waals surface area (Å²) in [6.45, 7) is 2.23. The molecule has 1 aromatic rings. The van der Waals surface area contributed by atoms with Crippen molar-refractivity contribution in [2.75, 3.05) is 33.4 Å². The summed E-state index contributed by atoms with van der Waals surface area (Å²) in [6.07, 6.45) is 1.19. The Bertz CT molecular complexity index is 613. The number of rotatable bonds is 5. The minimum atomic E-state index is -1.03. The molecule has 7 nitrogen and oxygen atoms in total. The zero-order valence-corrected chi connectivity index (χ0v) is 14.4. The molecule has 0 saturated carbocycles. The Kier molecular flexibility index (Phi) is 5.36. The van der Waals surface area contributed by atoms with Gasteiger partial charge in [0, 0.05) is 39.6 Å². The van der Waals surface area contributed by atoms with E-state index in [0.29, 0.717) is 12.8 Å². The first-order valence-electron chi connectivity index (χ1n) is 8.50. The molecule has 1 unspecified atom stereocenters. The number of hydrogen-bond acceptors (Lipinski definition) is 5. The minimum absolute atomic E-state index is 0.0312. The first kappa shape index (κ1) is 17.8. The van der Waals surface area contributed by atoms with Gasteiger partial charge in [-0.1, -0.05) is 30.3 Å². The fourth-order valence-corrected chi connectivity index (χ4v) is 3.73. The van der Waals surface area contributed by atoms with Gasteiger partial charge in [0.25, 0.3) is 5.91 Å². The maximum absolute atomic E-state index is 12.5. The molecule has 2 saturated heterocycles. The van der Waals surface area contributed by atoms with Crippen molar-refractivity contribution in [3.8, 4) is 0 Å². The molecule has 25 heavy (non-hydrogen) atoms. The fourth-order valence-electron chi connectivity index (χ4n) is 3.73. The molecule has 2 heterocycles. The SMILES string of the molecule is COCC(=O)N1C(C(=O)O)COC12CCN(Cc1ccccc1)CC2. The highest BCUT2D eigenvalue weighted by Gasteiger charge is 2.53. The molecule has 136 valence electrons. The molecule has 2 aliphatic rings. The molecule has 2 fully saturated rings. The summed E-state index contributed by atoms with van der Waals surface area (Å²) in [5.74, 6) is -1.36. The number of benzene rings is 1. The number of methoxy groups -OCH3 is 1. The van der Waals surface area contributed by atoms with Crippen LogP contribution in [0.15, 0.2) is 30.3 Å². The van der Waals surface area contributed by atoms with E-state index in [0.717, 1.165) is 19.6 Å². The van der Waals surface area contributed by atoms with Gasteiger partial charge >= 0.3 is 5.97 Å². The van der Waals surface area contributed by atoms with Crippen molar-refractivity contribution in [3.05, 3.63) is 35.9 Å². The van der Waals surface area contributed by atoms with Gasteiger partial charge in [0.2, 0.25) is 0 Å². The highest BCUT2D eigenvalue weighted by atomic mass is 16.5. The van der Waals surface area contributed by atoms with Gasteiger partial charge in [0.05, 0.1) is 6.61 Å². The van der Waals surface area contributed by atoms with Crippen LogP contribution in [0.4, 0.5) is 0 Å². The Morgan fingerprint density at radius 2 is 1.96 bits per heavy atom. The van der Waals surface area contributed by atoms with Crippen LogP contribution in [0.2, 0.25) is 0 Å².